The number of ether oxygens (including phenoxy) is 4. The van der Waals surface area contributed by atoms with Crippen LogP contribution in [0.4, 0.5) is 15.3 Å². The van der Waals surface area contributed by atoms with Gasteiger partial charge >= 0.3 is 12.2 Å². The molecule has 6 rings (SSSR count). The van der Waals surface area contributed by atoms with E-state index in [4.69, 9.17) is 28.9 Å². The fraction of sp³-hybridized carbons (Fsp3) is 0.444. The van der Waals surface area contributed by atoms with Crippen LogP contribution in [0, 0.1) is 27.9 Å². The molecule has 3 aromatic carbocycles. The molecule has 1 heterocycles. The second-order valence-corrected chi connectivity index (χ2v) is 15.3. The Labute approximate surface area is 349 Å². The van der Waals surface area contributed by atoms with E-state index in [2.05, 4.69) is 18.0 Å². The van der Waals surface area contributed by atoms with Crippen molar-refractivity contribution in [1.82, 2.24) is 10.2 Å². The number of unbranched alkanes of at least 4 members (excludes halogenated alkanes) is 2. The molecule has 2 amide bonds. The summed E-state index contributed by atoms with van der Waals surface area (Å²) in [7, 11) is 2.93. The molecule has 1 saturated carbocycles. The number of nitro groups is 1. The Morgan fingerprint density at radius 3 is 2.45 bits per heavy atom. The summed E-state index contributed by atoms with van der Waals surface area (Å²) in [6.45, 7) is 4.40. The molecule has 0 bridgehead atoms. The lowest BCUT2D eigenvalue weighted by Gasteiger charge is -2.59. The quantitative estimate of drug-likeness (QED) is 0.0472. The van der Waals surface area contributed by atoms with Crippen LogP contribution in [-0.2, 0) is 27.5 Å². The van der Waals surface area contributed by atoms with Gasteiger partial charge in [-0.3, -0.25) is 10.1 Å². The molecule has 2 aliphatic carbocycles. The van der Waals surface area contributed by atoms with Crippen molar-refractivity contribution >= 4 is 23.6 Å². The van der Waals surface area contributed by atoms with E-state index in [9.17, 15) is 29.9 Å². The number of nitrogens with zero attached hydrogens (tertiary/aromatic N) is 3. The van der Waals surface area contributed by atoms with Gasteiger partial charge in [-0.05, 0) is 84.6 Å². The van der Waals surface area contributed by atoms with Crippen molar-refractivity contribution in [1.29, 1.82) is 0 Å². The smallest absolute Gasteiger partial charge is 0.412 e. The van der Waals surface area contributed by atoms with Crippen LogP contribution in [0.3, 0.4) is 0 Å². The van der Waals surface area contributed by atoms with Gasteiger partial charge in [0.25, 0.3) is 5.69 Å². The molecule has 0 saturated heterocycles. The second kappa shape index (κ2) is 20.5. The molecule has 0 radical (unpaired) electrons. The van der Waals surface area contributed by atoms with Gasteiger partial charge in [-0.2, -0.15) is 0 Å². The zero-order chi connectivity index (χ0) is 42.6. The van der Waals surface area contributed by atoms with Crippen molar-refractivity contribution in [2.45, 2.75) is 75.8 Å². The van der Waals surface area contributed by atoms with Crippen molar-refractivity contribution in [3.63, 3.8) is 0 Å². The molecular weight excluding hydrogens is 773 g/mol. The highest BCUT2D eigenvalue weighted by Gasteiger charge is 2.65. The van der Waals surface area contributed by atoms with E-state index in [0.29, 0.717) is 35.6 Å². The normalized spacial score (nSPS) is 23.2. The first-order valence-electron chi connectivity index (χ1n) is 20.4. The van der Waals surface area contributed by atoms with Crippen LogP contribution in [0.2, 0.25) is 0 Å². The number of nitro benzene ring substituents is 1. The summed E-state index contributed by atoms with van der Waals surface area (Å²) in [5, 5.41) is 38.5. The lowest BCUT2D eigenvalue weighted by molar-refractivity contribution is -0.384. The number of rotatable bonds is 19. The van der Waals surface area contributed by atoms with Gasteiger partial charge in [0, 0.05) is 56.8 Å². The summed E-state index contributed by atoms with van der Waals surface area (Å²) >= 11 is 0. The highest BCUT2D eigenvalue weighted by molar-refractivity contribution is 6.03. The van der Waals surface area contributed by atoms with Crippen LogP contribution in [0.5, 0.6) is 11.5 Å². The maximum absolute atomic E-state index is 13.4. The number of likely N-dealkylation sites (N-methyl/N-ethyl adjacent to an activating group) is 1. The van der Waals surface area contributed by atoms with E-state index in [1.165, 1.54) is 24.1 Å². The Kier molecular flexibility index (Phi) is 14.9. The van der Waals surface area contributed by atoms with Crippen molar-refractivity contribution in [2.24, 2.45) is 22.9 Å². The van der Waals surface area contributed by atoms with Gasteiger partial charge in [0.15, 0.2) is 0 Å². The predicted molar refractivity (Wildman–Crippen MR) is 222 cm³/mol. The summed E-state index contributed by atoms with van der Waals surface area (Å²) < 4.78 is 25.0. The highest BCUT2D eigenvalue weighted by Crippen LogP contribution is 2.61. The third kappa shape index (κ3) is 9.81. The van der Waals surface area contributed by atoms with Gasteiger partial charge in [-0.15, -0.1) is 6.58 Å². The fourth-order valence-electron chi connectivity index (χ4n) is 8.87. The number of benzene rings is 3. The Balaban J connectivity index is 1.48. The minimum absolute atomic E-state index is 0.0224. The number of aliphatic hydroxyl groups is 2. The van der Waals surface area contributed by atoms with E-state index < -0.39 is 34.9 Å². The number of hydrogen-bond donors (Lipinski definition) is 3. The number of amides is 2. The molecule has 0 unspecified atom stereocenters. The van der Waals surface area contributed by atoms with Gasteiger partial charge in [0.2, 0.25) is 5.79 Å². The second-order valence-electron chi connectivity index (χ2n) is 15.3. The van der Waals surface area contributed by atoms with Crippen molar-refractivity contribution in [3.05, 3.63) is 124 Å². The van der Waals surface area contributed by atoms with Gasteiger partial charge in [0.1, 0.15) is 24.1 Å². The Hall–Kier alpha value is -5.77. The molecule has 0 spiro atoms. The van der Waals surface area contributed by atoms with Gasteiger partial charge < -0.3 is 44.2 Å². The van der Waals surface area contributed by atoms with E-state index in [-0.39, 0.29) is 62.8 Å². The molecule has 6 atom stereocenters. The number of carbonyl (C=O) groups is 2. The van der Waals surface area contributed by atoms with Crippen LogP contribution in [0.1, 0.15) is 67.6 Å². The summed E-state index contributed by atoms with van der Waals surface area (Å²) in [5.41, 5.74) is 3.70. The first-order valence-corrected chi connectivity index (χ1v) is 20.4. The third-order valence-corrected chi connectivity index (χ3v) is 11.6. The minimum Gasteiger partial charge on any atom is -0.459 e. The maximum Gasteiger partial charge on any atom is 0.412 e. The SMILES string of the molecule is C=CCO[C@@]12Oc3ccc(OC(=O)NCc4ccccc4)cc3[C@H]3[C@H](CCCCO)[C@@H](CCCCO)C=C(C(=NOCc4ccc([N+](=O)[O-])cc4)C[C@@H]1N(C)C(=O)OC)[C@H]32. The lowest BCUT2D eigenvalue weighted by Crippen LogP contribution is -2.69. The summed E-state index contributed by atoms with van der Waals surface area (Å²) in [5.74, 6) is -1.69. The molecule has 15 heteroatoms. The molecule has 15 nitrogen and oxygen atoms in total. The van der Waals surface area contributed by atoms with E-state index in [0.717, 1.165) is 42.4 Å². The van der Waals surface area contributed by atoms with Crippen LogP contribution in [0.25, 0.3) is 0 Å². The van der Waals surface area contributed by atoms with Gasteiger partial charge in [-0.25, -0.2) is 9.59 Å². The Bertz CT molecular complexity index is 2020. The topological polar surface area (TPSA) is 192 Å². The predicted octanol–water partition coefficient (Wildman–Crippen LogP) is 7.42. The number of oxime groups is 1. The van der Waals surface area contributed by atoms with Gasteiger partial charge in [0.05, 0.1) is 30.3 Å². The molecule has 3 aliphatic rings. The fourth-order valence-corrected chi connectivity index (χ4v) is 8.87. The largest absolute Gasteiger partial charge is 0.459 e. The van der Waals surface area contributed by atoms with E-state index >= 15 is 0 Å². The number of non-ortho nitro benzene ring substituents is 1. The van der Waals surface area contributed by atoms with Crippen molar-refractivity contribution in [2.75, 3.05) is 34.0 Å². The molecule has 3 aromatic rings. The molecule has 1 aliphatic heterocycles. The number of fused-ring (bicyclic) bond motifs is 2. The van der Waals surface area contributed by atoms with Gasteiger partial charge in [-0.1, -0.05) is 60.5 Å². The number of methoxy groups -OCH3 is 1. The average Bonchev–Trinajstić information content (AvgIpc) is 3.26. The number of nitrogens with one attached hydrogen (secondary N) is 1. The Morgan fingerprint density at radius 2 is 1.77 bits per heavy atom. The number of hydrogen-bond acceptors (Lipinski definition) is 12. The zero-order valence-electron chi connectivity index (χ0n) is 34.1. The number of allylic oxidation sites excluding steroid dienone is 1. The molecule has 3 N–H and O–H groups in total. The van der Waals surface area contributed by atoms with Crippen LogP contribution >= 0.6 is 0 Å². The van der Waals surface area contributed by atoms with E-state index in [1.54, 1.807) is 37.4 Å². The molecule has 1 fully saturated rings. The van der Waals surface area contributed by atoms with Crippen LogP contribution < -0.4 is 14.8 Å². The standard InChI is InChI=1S/C45H54N4O11/c1-4-24-57-45-40(48(2)44(53)56-3)27-38(47-58-29-31-16-18-33(19-17-31)49(54)55)36-25-32(14-8-10-22-50)35(15-9-11-23-51)41(42(36)45)37-26-34(20-21-39(37)60-45)59-43(52)46-28-30-12-6-5-7-13-30/h4-7,12-13,16-21,25-26,32,35,40-42,50-51H,1,8-11,14-15,22-24,27-29H2,2-3H3,(H,46,52)/t32-,35+,40-,41+,42+,45+/m0/s1. The summed E-state index contributed by atoms with van der Waals surface area (Å²) in [6, 6.07) is 20.0. The summed E-state index contributed by atoms with van der Waals surface area (Å²) in [4.78, 5) is 44.8. The molecule has 320 valence electrons. The summed E-state index contributed by atoms with van der Waals surface area (Å²) in [6.07, 6.45) is 6.89. The molecule has 60 heavy (non-hydrogen) atoms. The molecule has 0 aromatic heterocycles. The van der Waals surface area contributed by atoms with Crippen LogP contribution in [-0.4, -0.2) is 83.7 Å². The molecular formula is C45H54N4O11. The highest BCUT2D eigenvalue weighted by atomic mass is 16.7. The van der Waals surface area contributed by atoms with Crippen LogP contribution in [0.15, 0.2) is 102 Å². The minimum atomic E-state index is -1.49. The number of carbonyl (C=O) groups excluding carboxylic acids is 2. The third-order valence-electron chi connectivity index (χ3n) is 11.6. The zero-order valence-corrected chi connectivity index (χ0v) is 34.1. The maximum atomic E-state index is 13.4. The van der Waals surface area contributed by atoms with E-state index in [1.807, 2.05) is 36.4 Å². The van der Waals surface area contributed by atoms with Crippen molar-refractivity contribution in [3.8, 4) is 11.5 Å². The first kappa shape index (κ1) is 43.8. The average molecular weight is 827 g/mol. The van der Waals surface area contributed by atoms with Crippen molar-refractivity contribution < 1.29 is 48.5 Å². The first-order chi connectivity index (χ1) is 29.1. The number of aliphatic hydroxyl groups excluding tert-OH is 2. The Morgan fingerprint density at radius 1 is 1.03 bits per heavy atom. The lowest BCUT2D eigenvalue weighted by atomic mass is 9.55. The monoisotopic (exact) mass is 826 g/mol.